The van der Waals surface area contributed by atoms with Crippen molar-refractivity contribution in [2.75, 3.05) is 25.6 Å². The minimum atomic E-state index is 0.569. The number of anilines is 1. The summed E-state index contributed by atoms with van der Waals surface area (Å²) >= 11 is 5.34. The molecule has 0 saturated carbocycles. The molecule has 17 heavy (non-hydrogen) atoms. The first-order chi connectivity index (χ1) is 8.06. The van der Waals surface area contributed by atoms with Crippen molar-refractivity contribution in [3.63, 3.8) is 0 Å². The molecule has 1 rings (SSSR count). The highest BCUT2D eigenvalue weighted by atomic mass is 32.1. The van der Waals surface area contributed by atoms with Crippen molar-refractivity contribution in [1.29, 1.82) is 0 Å². The molecule has 1 N–H and O–H groups in total. The molecule has 0 amide bonds. The lowest BCUT2D eigenvalue weighted by Crippen LogP contribution is -2.38. The van der Waals surface area contributed by atoms with Gasteiger partial charge in [-0.25, -0.2) is 0 Å². The van der Waals surface area contributed by atoms with E-state index in [4.69, 9.17) is 17.0 Å². The summed E-state index contributed by atoms with van der Waals surface area (Å²) in [5.74, 6) is 1.39. The molecule has 0 atom stereocenters. The second-order valence-corrected chi connectivity index (χ2v) is 4.70. The maximum atomic E-state index is 5.34. The van der Waals surface area contributed by atoms with Crippen LogP contribution < -0.4 is 15.0 Å². The number of hydrogen-bond acceptors (Lipinski definition) is 2. The van der Waals surface area contributed by atoms with Crippen molar-refractivity contribution in [1.82, 2.24) is 5.32 Å². The predicted molar refractivity (Wildman–Crippen MR) is 76.8 cm³/mol. The molecular formula is C13H20N2OS. The highest BCUT2D eigenvalue weighted by molar-refractivity contribution is 7.80. The number of nitrogens with one attached hydrogen (secondary N) is 1. The van der Waals surface area contributed by atoms with E-state index in [2.05, 4.69) is 19.2 Å². The summed E-state index contributed by atoms with van der Waals surface area (Å²) in [4.78, 5) is 1.93. The second kappa shape index (κ2) is 6.45. The fourth-order valence-corrected chi connectivity index (χ4v) is 1.61. The van der Waals surface area contributed by atoms with Gasteiger partial charge in [0, 0.05) is 13.6 Å². The third-order valence-electron chi connectivity index (χ3n) is 2.41. The highest BCUT2D eigenvalue weighted by Gasteiger charge is 2.11. The van der Waals surface area contributed by atoms with Crippen molar-refractivity contribution >= 4 is 23.0 Å². The molecule has 0 aliphatic rings. The van der Waals surface area contributed by atoms with E-state index >= 15 is 0 Å². The summed E-state index contributed by atoms with van der Waals surface area (Å²) < 4.78 is 5.31. The third kappa shape index (κ3) is 3.89. The SMILES string of the molecule is COc1ccccc1N(C)C(=S)NCC(C)C. The smallest absolute Gasteiger partial charge is 0.173 e. The van der Waals surface area contributed by atoms with Crippen molar-refractivity contribution in [2.24, 2.45) is 5.92 Å². The van der Waals surface area contributed by atoms with Gasteiger partial charge < -0.3 is 15.0 Å². The summed E-state index contributed by atoms with van der Waals surface area (Å²) in [6.45, 7) is 5.18. The van der Waals surface area contributed by atoms with Gasteiger partial charge in [0.2, 0.25) is 0 Å². The molecule has 0 bridgehead atoms. The molecule has 4 heteroatoms. The van der Waals surface area contributed by atoms with Crippen LogP contribution in [0, 0.1) is 5.92 Å². The summed E-state index contributed by atoms with van der Waals surface area (Å²) in [6.07, 6.45) is 0. The van der Waals surface area contributed by atoms with Crippen molar-refractivity contribution < 1.29 is 4.74 Å². The normalized spacial score (nSPS) is 10.2. The molecule has 0 aliphatic heterocycles. The molecule has 0 radical (unpaired) electrons. The maximum Gasteiger partial charge on any atom is 0.173 e. The Kier molecular flexibility index (Phi) is 5.22. The van der Waals surface area contributed by atoms with Crippen LogP contribution in [0.15, 0.2) is 24.3 Å². The summed E-state index contributed by atoms with van der Waals surface area (Å²) in [5, 5.41) is 3.94. The average molecular weight is 252 g/mol. The lowest BCUT2D eigenvalue weighted by molar-refractivity contribution is 0.416. The summed E-state index contributed by atoms with van der Waals surface area (Å²) in [6, 6.07) is 7.83. The topological polar surface area (TPSA) is 24.5 Å². The van der Waals surface area contributed by atoms with E-state index in [1.54, 1.807) is 7.11 Å². The largest absolute Gasteiger partial charge is 0.495 e. The minimum absolute atomic E-state index is 0.569. The van der Waals surface area contributed by atoms with Gasteiger partial charge in [0.25, 0.3) is 0 Å². The molecule has 0 heterocycles. The molecule has 1 aromatic rings. The number of hydrogen-bond donors (Lipinski definition) is 1. The Morgan fingerprint density at radius 3 is 2.65 bits per heavy atom. The van der Waals surface area contributed by atoms with Crippen molar-refractivity contribution in [3.8, 4) is 5.75 Å². The number of para-hydroxylation sites is 2. The van der Waals surface area contributed by atoms with Crippen LogP contribution in [0.5, 0.6) is 5.75 Å². The van der Waals surface area contributed by atoms with Crippen LogP contribution in [-0.4, -0.2) is 25.8 Å². The Morgan fingerprint density at radius 1 is 1.41 bits per heavy atom. The van der Waals surface area contributed by atoms with E-state index in [-0.39, 0.29) is 0 Å². The monoisotopic (exact) mass is 252 g/mol. The number of ether oxygens (including phenoxy) is 1. The zero-order valence-corrected chi connectivity index (χ0v) is 11.7. The minimum Gasteiger partial charge on any atom is -0.495 e. The van der Waals surface area contributed by atoms with Crippen LogP contribution in [0.3, 0.4) is 0 Å². The van der Waals surface area contributed by atoms with E-state index in [0.717, 1.165) is 18.0 Å². The van der Waals surface area contributed by atoms with E-state index in [1.165, 1.54) is 0 Å². The standard InChI is InChI=1S/C13H20N2OS/c1-10(2)9-14-13(17)15(3)11-7-5-6-8-12(11)16-4/h5-8,10H,9H2,1-4H3,(H,14,17). The lowest BCUT2D eigenvalue weighted by Gasteiger charge is -2.23. The number of thiocarbonyl (C=S) groups is 1. The fraction of sp³-hybridized carbons (Fsp3) is 0.462. The van der Waals surface area contributed by atoms with Gasteiger partial charge >= 0.3 is 0 Å². The quantitative estimate of drug-likeness (QED) is 0.833. The molecular weight excluding hydrogens is 232 g/mol. The molecule has 0 aliphatic carbocycles. The molecule has 0 saturated heterocycles. The lowest BCUT2D eigenvalue weighted by atomic mass is 10.2. The Morgan fingerprint density at radius 2 is 2.06 bits per heavy atom. The molecule has 0 unspecified atom stereocenters. The first-order valence-corrected chi connectivity index (χ1v) is 6.11. The van der Waals surface area contributed by atoms with E-state index < -0.39 is 0 Å². The molecule has 0 aromatic heterocycles. The molecule has 0 fully saturated rings. The van der Waals surface area contributed by atoms with Crippen LogP contribution in [0.2, 0.25) is 0 Å². The first-order valence-electron chi connectivity index (χ1n) is 5.70. The van der Waals surface area contributed by atoms with Crippen LogP contribution in [0.1, 0.15) is 13.8 Å². The number of methoxy groups -OCH3 is 1. The van der Waals surface area contributed by atoms with E-state index in [0.29, 0.717) is 11.0 Å². The maximum absolute atomic E-state index is 5.34. The molecule has 1 aromatic carbocycles. The number of nitrogens with zero attached hydrogens (tertiary/aromatic N) is 1. The summed E-state index contributed by atoms with van der Waals surface area (Å²) in [5.41, 5.74) is 0.969. The Labute approximate surface area is 109 Å². The van der Waals surface area contributed by atoms with Crippen LogP contribution in [-0.2, 0) is 0 Å². The van der Waals surface area contributed by atoms with E-state index in [9.17, 15) is 0 Å². The second-order valence-electron chi connectivity index (χ2n) is 4.31. The molecule has 0 spiro atoms. The zero-order chi connectivity index (χ0) is 12.8. The van der Waals surface area contributed by atoms with Gasteiger partial charge in [0.1, 0.15) is 5.75 Å². The van der Waals surface area contributed by atoms with Gasteiger partial charge in [0.15, 0.2) is 5.11 Å². The average Bonchev–Trinajstić information content (AvgIpc) is 2.34. The number of rotatable bonds is 4. The van der Waals surface area contributed by atoms with Gasteiger partial charge in [-0.3, -0.25) is 0 Å². The van der Waals surface area contributed by atoms with Gasteiger partial charge in [-0.05, 0) is 30.3 Å². The van der Waals surface area contributed by atoms with Crippen molar-refractivity contribution in [2.45, 2.75) is 13.8 Å². The number of benzene rings is 1. The first kappa shape index (κ1) is 13.8. The third-order valence-corrected chi connectivity index (χ3v) is 2.83. The Balaban J connectivity index is 2.74. The Hall–Kier alpha value is -1.29. The Bertz CT molecular complexity index is 379. The van der Waals surface area contributed by atoms with Gasteiger partial charge in [-0.15, -0.1) is 0 Å². The van der Waals surface area contributed by atoms with Crippen LogP contribution in [0.4, 0.5) is 5.69 Å². The molecule has 3 nitrogen and oxygen atoms in total. The van der Waals surface area contributed by atoms with Crippen LogP contribution in [0.25, 0.3) is 0 Å². The van der Waals surface area contributed by atoms with Crippen molar-refractivity contribution in [3.05, 3.63) is 24.3 Å². The van der Waals surface area contributed by atoms with Gasteiger partial charge in [0.05, 0.1) is 12.8 Å². The highest BCUT2D eigenvalue weighted by Crippen LogP contribution is 2.26. The van der Waals surface area contributed by atoms with Gasteiger partial charge in [-0.2, -0.15) is 0 Å². The fourth-order valence-electron chi connectivity index (χ4n) is 1.43. The van der Waals surface area contributed by atoms with Gasteiger partial charge in [-0.1, -0.05) is 26.0 Å². The zero-order valence-electron chi connectivity index (χ0n) is 10.9. The van der Waals surface area contributed by atoms with E-state index in [1.807, 2.05) is 36.2 Å². The molecule has 94 valence electrons. The predicted octanol–water partition coefficient (Wildman–Crippen LogP) is 2.66. The van der Waals surface area contributed by atoms with Crippen LogP contribution >= 0.6 is 12.2 Å². The summed E-state index contributed by atoms with van der Waals surface area (Å²) in [7, 11) is 3.60.